The molecular weight excluding hydrogens is 834 g/mol. The van der Waals surface area contributed by atoms with Gasteiger partial charge in [0.05, 0.1) is 13.2 Å². The number of ether oxygens (including phenoxy) is 2. The van der Waals surface area contributed by atoms with Gasteiger partial charge in [0.25, 0.3) is 0 Å². The van der Waals surface area contributed by atoms with Gasteiger partial charge in [0.1, 0.15) is 6.61 Å². The van der Waals surface area contributed by atoms with Crippen molar-refractivity contribution < 1.29 is 37.6 Å². The first-order valence-corrected chi connectivity index (χ1v) is 28.6. The fraction of sp³-hybridized carbons (Fsp3) is 0.818. The maximum Gasteiger partial charge on any atom is 0.472 e. The third-order valence-electron chi connectivity index (χ3n) is 11.7. The number of phosphoric ester groups is 1. The molecule has 380 valence electrons. The molecule has 0 radical (unpaired) electrons. The van der Waals surface area contributed by atoms with Crippen LogP contribution in [0.3, 0.4) is 0 Å². The van der Waals surface area contributed by atoms with E-state index in [0.717, 1.165) is 57.8 Å². The summed E-state index contributed by atoms with van der Waals surface area (Å²) < 4.78 is 32.8. The van der Waals surface area contributed by atoms with Gasteiger partial charge in [0.2, 0.25) is 0 Å². The SMILES string of the molecule is CC/C=C\C/C=C\C/C=C\C/C=C\CCCCCCCCCCCCCCCCCCCCCCCCC(=O)OC(COC(=O)CCCCCCCCCCC)COP(=O)(O)OCCN. The van der Waals surface area contributed by atoms with Gasteiger partial charge in [-0.15, -0.1) is 0 Å². The standard InChI is InChI=1S/C55H102NO8P/c1-3-5-7-9-11-13-14-15-16-17-18-19-20-21-22-23-24-25-26-27-28-29-30-31-32-33-34-35-36-37-38-40-42-44-46-48-55(58)64-53(52-63-65(59,60)62-50-49-56)51-61-54(57)47-45-43-41-39-12-10-8-6-4-2/h5,7,11,13,15-16,18-19,53H,3-4,6,8-10,12,14,17,20-52,56H2,1-2H3,(H,59,60)/b7-5-,13-11-,16-15-,19-18-. The fourth-order valence-corrected chi connectivity index (χ4v) is 8.51. The summed E-state index contributed by atoms with van der Waals surface area (Å²) in [6.45, 7) is 3.62. The van der Waals surface area contributed by atoms with Gasteiger partial charge in [-0.3, -0.25) is 18.6 Å². The third-order valence-corrected chi connectivity index (χ3v) is 12.7. The lowest BCUT2D eigenvalue weighted by Crippen LogP contribution is -2.29. The molecule has 0 aliphatic carbocycles. The number of carbonyl (C=O) groups is 2. The highest BCUT2D eigenvalue weighted by molar-refractivity contribution is 7.47. The lowest BCUT2D eigenvalue weighted by atomic mass is 10.0. The highest BCUT2D eigenvalue weighted by Gasteiger charge is 2.26. The molecule has 0 aliphatic heterocycles. The van der Waals surface area contributed by atoms with E-state index in [1.807, 2.05) is 0 Å². The maximum absolute atomic E-state index is 12.6. The zero-order chi connectivity index (χ0) is 47.4. The number of hydrogen-bond donors (Lipinski definition) is 2. The summed E-state index contributed by atoms with van der Waals surface area (Å²) >= 11 is 0. The Morgan fingerprint density at radius 3 is 1.26 bits per heavy atom. The Morgan fingerprint density at radius 1 is 0.477 bits per heavy atom. The minimum absolute atomic E-state index is 0.0554. The zero-order valence-corrected chi connectivity index (χ0v) is 43.1. The van der Waals surface area contributed by atoms with Crippen LogP contribution in [0.2, 0.25) is 0 Å². The molecule has 0 bridgehead atoms. The average Bonchev–Trinajstić information content (AvgIpc) is 3.30. The second-order valence-corrected chi connectivity index (χ2v) is 19.5. The van der Waals surface area contributed by atoms with Crippen molar-refractivity contribution in [3.63, 3.8) is 0 Å². The van der Waals surface area contributed by atoms with Crippen LogP contribution in [0.15, 0.2) is 48.6 Å². The largest absolute Gasteiger partial charge is 0.472 e. The average molecular weight is 936 g/mol. The molecule has 0 amide bonds. The molecule has 9 nitrogen and oxygen atoms in total. The van der Waals surface area contributed by atoms with Crippen LogP contribution < -0.4 is 5.73 Å². The van der Waals surface area contributed by atoms with Crippen LogP contribution in [0.4, 0.5) is 0 Å². The van der Waals surface area contributed by atoms with Gasteiger partial charge in [-0.05, 0) is 51.4 Å². The Hall–Kier alpha value is -2.03. The number of carbonyl (C=O) groups excluding carboxylic acids is 2. The molecule has 65 heavy (non-hydrogen) atoms. The number of allylic oxidation sites excluding steroid dienone is 8. The Kier molecular flexibility index (Phi) is 49.8. The minimum Gasteiger partial charge on any atom is -0.462 e. The van der Waals surface area contributed by atoms with Crippen LogP contribution >= 0.6 is 7.82 Å². The molecule has 10 heteroatoms. The Labute approximate surface area is 400 Å². The summed E-state index contributed by atoms with van der Waals surface area (Å²) in [7, 11) is -4.37. The van der Waals surface area contributed by atoms with Crippen molar-refractivity contribution in [3.8, 4) is 0 Å². The summed E-state index contributed by atoms with van der Waals surface area (Å²) in [5.41, 5.74) is 5.36. The van der Waals surface area contributed by atoms with E-state index in [4.69, 9.17) is 24.3 Å². The van der Waals surface area contributed by atoms with Gasteiger partial charge in [-0.1, -0.05) is 242 Å². The van der Waals surface area contributed by atoms with E-state index < -0.39 is 26.5 Å². The lowest BCUT2D eigenvalue weighted by molar-refractivity contribution is -0.161. The monoisotopic (exact) mass is 936 g/mol. The molecule has 0 rings (SSSR count). The Balaban J connectivity index is 3.76. The van der Waals surface area contributed by atoms with Crippen LogP contribution in [-0.2, 0) is 32.7 Å². The van der Waals surface area contributed by atoms with Crippen molar-refractivity contribution in [2.24, 2.45) is 5.73 Å². The topological polar surface area (TPSA) is 134 Å². The lowest BCUT2D eigenvalue weighted by Gasteiger charge is -2.19. The van der Waals surface area contributed by atoms with Crippen molar-refractivity contribution >= 4 is 19.8 Å². The molecule has 0 saturated heterocycles. The molecule has 0 heterocycles. The van der Waals surface area contributed by atoms with Crippen molar-refractivity contribution in [1.82, 2.24) is 0 Å². The Morgan fingerprint density at radius 2 is 0.846 bits per heavy atom. The van der Waals surface area contributed by atoms with E-state index in [9.17, 15) is 19.0 Å². The molecule has 0 aliphatic rings. The molecule has 3 N–H and O–H groups in total. The number of hydrogen-bond acceptors (Lipinski definition) is 8. The van der Waals surface area contributed by atoms with Crippen molar-refractivity contribution in [1.29, 1.82) is 0 Å². The Bertz CT molecular complexity index is 1200. The summed E-state index contributed by atoms with van der Waals surface area (Å²) in [5, 5.41) is 0. The third kappa shape index (κ3) is 51.2. The number of nitrogens with two attached hydrogens (primary N) is 1. The first-order valence-electron chi connectivity index (χ1n) is 27.1. The molecule has 0 aromatic carbocycles. The molecular formula is C55H102NO8P. The van der Waals surface area contributed by atoms with Gasteiger partial charge in [-0.2, -0.15) is 0 Å². The predicted octanol–water partition coefficient (Wildman–Crippen LogP) is 16.6. The summed E-state index contributed by atoms with van der Waals surface area (Å²) in [6, 6.07) is 0. The summed E-state index contributed by atoms with van der Waals surface area (Å²) in [6.07, 6.45) is 62.0. The normalized spacial score (nSPS) is 13.5. The van der Waals surface area contributed by atoms with Gasteiger partial charge in [-0.25, -0.2) is 4.57 Å². The van der Waals surface area contributed by atoms with Crippen LogP contribution in [-0.4, -0.2) is 49.3 Å². The van der Waals surface area contributed by atoms with Gasteiger partial charge < -0.3 is 20.1 Å². The van der Waals surface area contributed by atoms with Gasteiger partial charge in [0, 0.05) is 19.4 Å². The fourth-order valence-electron chi connectivity index (χ4n) is 7.75. The highest BCUT2D eigenvalue weighted by atomic mass is 31.2. The van der Waals surface area contributed by atoms with Gasteiger partial charge >= 0.3 is 19.8 Å². The van der Waals surface area contributed by atoms with Crippen LogP contribution in [0.1, 0.15) is 258 Å². The second-order valence-electron chi connectivity index (χ2n) is 18.1. The first-order chi connectivity index (χ1) is 31.8. The smallest absolute Gasteiger partial charge is 0.462 e. The van der Waals surface area contributed by atoms with Gasteiger partial charge in [0.15, 0.2) is 6.10 Å². The molecule has 2 atom stereocenters. The van der Waals surface area contributed by atoms with Crippen molar-refractivity contribution in [2.45, 2.75) is 264 Å². The van der Waals surface area contributed by atoms with E-state index in [1.165, 1.54) is 167 Å². The molecule has 0 fully saturated rings. The van der Waals surface area contributed by atoms with Crippen LogP contribution in [0.5, 0.6) is 0 Å². The van der Waals surface area contributed by atoms with E-state index in [-0.39, 0.29) is 38.6 Å². The van der Waals surface area contributed by atoms with E-state index in [2.05, 4.69) is 62.5 Å². The zero-order valence-electron chi connectivity index (χ0n) is 42.2. The molecule has 0 aromatic rings. The predicted molar refractivity (Wildman–Crippen MR) is 275 cm³/mol. The molecule has 2 unspecified atom stereocenters. The van der Waals surface area contributed by atoms with Crippen LogP contribution in [0, 0.1) is 0 Å². The number of esters is 2. The highest BCUT2D eigenvalue weighted by Crippen LogP contribution is 2.43. The van der Waals surface area contributed by atoms with E-state index in [1.54, 1.807) is 0 Å². The molecule has 0 saturated carbocycles. The molecule has 0 spiro atoms. The summed E-state index contributed by atoms with van der Waals surface area (Å²) in [4.78, 5) is 34.9. The van der Waals surface area contributed by atoms with Crippen LogP contribution in [0.25, 0.3) is 0 Å². The summed E-state index contributed by atoms with van der Waals surface area (Å²) in [5.74, 6) is -0.820. The number of unbranched alkanes of at least 4 members (excludes halogenated alkanes) is 30. The second kappa shape index (κ2) is 51.4. The quantitative estimate of drug-likeness (QED) is 0.0265. The van der Waals surface area contributed by atoms with E-state index >= 15 is 0 Å². The first kappa shape index (κ1) is 63.0. The van der Waals surface area contributed by atoms with Crippen molar-refractivity contribution in [2.75, 3.05) is 26.4 Å². The van der Waals surface area contributed by atoms with E-state index in [0.29, 0.717) is 6.42 Å². The maximum atomic E-state index is 12.6. The minimum atomic E-state index is -4.37. The number of phosphoric acid groups is 1. The molecule has 0 aromatic heterocycles. The van der Waals surface area contributed by atoms with Crippen molar-refractivity contribution in [3.05, 3.63) is 48.6 Å². The number of rotatable bonds is 51.